The zero-order chi connectivity index (χ0) is 11.9. The normalized spacial score (nSPS) is 16.9. The maximum atomic E-state index is 10.6. The molecule has 0 unspecified atom stereocenters. The summed E-state index contributed by atoms with van der Waals surface area (Å²) in [5.41, 5.74) is 0.751. The number of benzene rings is 1. The molecule has 1 aliphatic heterocycles. The summed E-state index contributed by atoms with van der Waals surface area (Å²) in [5, 5.41) is 0. The van der Waals surface area contributed by atoms with Crippen LogP contribution in [0.2, 0.25) is 0 Å². The fraction of sp³-hybridized carbons (Fsp3) is 0.462. The van der Waals surface area contributed by atoms with Crippen molar-refractivity contribution in [2.24, 2.45) is 0 Å². The van der Waals surface area contributed by atoms with E-state index >= 15 is 0 Å². The minimum absolute atomic E-state index is 0.751. The highest BCUT2D eigenvalue weighted by atomic mass is 32.2. The molecule has 17 heavy (non-hydrogen) atoms. The Morgan fingerprint density at radius 3 is 2.94 bits per heavy atom. The number of morpholine rings is 1. The molecule has 0 amide bonds. The predicted octanol–water partition coefficient (Wildman–Crippen LogP) is 1.92. The van der Waals surface area contributed by atoms with Gasteiger partial charge in [0.2, 0.25) is 0 Å². The van der Waals surface area contributed by atoms with Crippen molar-refractivity contribution in [3.63, 3.8) is 0 Å². The van der Waals surface area contributed by atoms with Gasteiger partial charge in [0.15, 0.2) is 0 Å². The lowest BCUT2D eigenvalue weighted by molar-refractivity contribution is 0.0410. The average Bonchev–Trinajstić information content (AvgIpc) is 2.40. The van der Waals surface area contributed by atoms with E-state index in [-0.39, 0.29) is 0 Å². The molecule has 0 radical (unpaired) electrons. The largest absolute Gasteiger partial charge is 0.379 e. The summed E-state index contributed by atoms with van der Waals surface area (Å²) in [5.74, 6) is 1.06. The van der Waals surface area contributed by atoms with Crippen LogP contribution in [-0.2, 0) is 4.74 Å². The van der Waals surface area contributed by atoms with Crippen LogP contribution in [0.5, 0.6) is 0 Å². The molecule has 92 valence electrons. The Kier molecular flexibility index (Phi) is 5.04. The first-order valence-corrected chi connectivity index (χ1v) is 6.85. The van der Waals surface area contributed by atoms with Crippen molar-refractivity contribution in [1.29, 1.82) is 0 Å². The third kappa shape index (κ3) is 4.15. The van der Waals surface area contributed by atoms with Crippen molar-refractivity contribution in [1.82, 2.24) is 4.90 Å². The Labute approximate surface area is 106 Å². The van der Waals surface area contributed by atoms with E-state index in [2.05, 4.69) is 11.0 Å². The van der Waals surface area contributed by atoms with Crippen LogP contribution in [0.25, 0.3) is 0 Å². The van der Waals surface area contributed by atoms with Crippen LogP contribution in [0.1, 0.15) is 10.4 Å². The van der Waals surface area contributed by atoms with Gasteiger partial charge in [0, 0.05) is 35.8 Å². The van der Waals surface area contributed by atoms with Crippen LogP contribution in [0.15, 0.2) is 29.2 Å². The second kappa shape index (κ2) is 6.79. The first-order valence-electron chi connectivity index (χ1n) is 5.86. The van der Waals surface area contributed by atoms with Gasteiger partial charge in [0.1, 0.15) is 6.29 Å². The number of rotatable bonds is 5. The second-order valence-electron chi connectivity index (χ2n) is 3.99. The third-order valence-electron chi connectivity index (χ3n) is 2.77. The third-order valence-corrected chi connectivity index (χ3v) is 3.75. The molecule has 1 aliphatic rings. The Balaban J connectivity index is 1.75. The summed E-state index contributed by atoms with van der Waals surface area (Å²) in [6, 6.07) is 7.76. The minimum atomic E-state index is 0.751. The highest BCUT2D eigenvalue weighted by Crippen LogP contribution is 2.18. The lowest BCUT2D eigenvalue weighted by atomic mass is 10.2. The summed E-state index contributed by atoms with van der Waals surface area (Å²) in [6.07, 6.45) is 0.895. The SMILES string of the molecule is O=Cc1cccc(SCCN2CCOCC2)c1. The summed E-state index contributed by atoms with van der Waals surface area (Å²) in [7, 11) is 0. The molecule has 1 fully saturated rings. The van der Waals surface area contributed by atoms with Crippen molar-refractivity contribution in [2.75, 3.05) is 38.6 Å². The summed E-state index contributed by atoms with van der Waals surface area (Å²) in [4.78, 5) is 14.2. The lowest BCUT2D eigenvalue weighted by Gasteiger charge is -2.26. The van der Waals surface area contributed by atoms with Crippen molar-refractivity contribution in [3.05, 3.63) is 29.8 Å². The Morgan fingerprint density at radius 1 is 1.35 bits per heavy atom. The standard InChI is InChI=1S/C13H17NO2S/c15-11-12-2-1-3-13(10-12)17-9-6-14-4-7-16-8-5-14/h1-3,10-11H,4-9H2. The molecule has 1 saturated heterocycles. The van der Waals surface area contributed by atoms with Gasteiger partial charge in [-0.2, -0.15) is 0 Å². The zero-order valence-electron chi connectivity index (χ0n) is 9.80. The van der Waals surface area contributed by atoms with Gasteiger partial charge >= 0.3 is 0 Å². The monoisotopic (exact) mass is 251 g/mol. The van der Waals surface area contributed by atoms with Crippen molar-refractivity contribution in [2.45, 2.75) is 4.90 Å². The molecule has 0 atom stereocenters. The van der Waals surface area contributed by atoms with E-state index in [0.717, 1.165) is 50.5 Å². The van der Waals surface area contributed by atoms with Gasteiger partial charge in [0.25, 0.3) is 0 Å². The van der Waals surface area contributed by atoms with Crippen molar-refractivity contribution < 1.29 is 9.53 Å². The Morgan fingerprint density at radius 2 is 2.18 bits per heavy atom. The van der Waals surface area contributed by atoms with E-state index < -0.39 is 0 Å². The fourth-order valence-electron chi connectivity index (χ4n) is 1.80. The molecule has 1 aromatic carbocycles. The van der Waals surface area contributed by atoms with E-state index in [0.29, 0.717) is 0 Å². The van der Waals surface area contributed by atoms with Crippen LogP contribution in [0.3, 0.4) is 0 Å². The first-order chi connectivity index (χ1) is 8.38. The second-order valence-corrected chi connectivity index (χ2v) is 5.16. The van der Waals surface area contributed by atoms with E-state index in [1.165, 1.54) is 4.90 Å². The van der Waals surface area contributed by atoms with Gasteiger partial charge in [-0.1, -0.05) is 12.1 Å². The van der Waals surface area contributed by atoms with E-state index in [4.69, 9.17) is 4.74 Å². The van der Waals surface area contributed by atoms with Crippen LogP contribution < -0.4 is 0 Å². The fourth-order valence-corrected chi connectivity index (χ4v) is 2.77. The molecule has 1 heterocycles. The molecule has 0 bridgehead atoms. The highest BCUT2D eigenvalue weighted by molar-refractivity contribution is 7.99. The van der Waals surface area contributed by atoms with Gasteiger partial charge in [-0.15, -0.1) is 11.8 Å². The molecule has 1 aromatic rings. The van der Waals surface area contributed by atoms with Crippen LogP contribution in [-0.4, -0.2) is 49.8 Å². The molecule has 0 N–H and O–H groups in total. The van der Waals surface area contributed by atoms with Gasteiger partial charge in [-0.3, -0.25) is 9.69 Å². The summed E-state index contributed by atoms with van der Waals surface area (Å²) in [6.45, 7) is 4.86. The topological polar surface area (TPSA) is 29.5 Å². The Hall–Kier alpha value is -0.840. The smallest absolute Gasteiger partial charge is 0.150 e. The molecule has 4 heteroatoms. The number of thioether (sulfide) groups is 1. The van der Waals surface area contributed by atoms with Crippen LogP contribution >= 0.6 is 11.8 Å². The molecule has 3 nitrogen and oxygen atoms in total. The van der Waals surface area contributed by atoms with Crippen molar-refractivity contribution >= 4 is 18.0 Å². The molecule has 0 aliphatic carbocycles. The highest BCUT2D eigenvalue weighted by Gasteiger charge is 2.09. The van der Waals surface area contributed by atoms with E-state index in [1.807, 2.05) is 18.2 Å². The van der Waals surface area contributed by atoms with E-state index in [9.17, 15) is 4.79 Å². The molecular formula is C13H17NO2S. The predicted molar refractivity (Wildman–Crippen MR) is 69.8 cm³/mol. The molecular weight excluding hydrogens is 234 g/mol. The number of nitrogens with zero attached hydrogens (tertiary/aromatic N) is 1. The van der Waals surface area contributed by atoms with Gasteiger partial charge < -0.3 is 4.74 Å². The number of hydrogen-bond acceptors (Lipinski definition) is 4. The van der Waals surface area contributed by atoms with Gasteiger partial charge in [0.05, 0.1) is 13.2 Å². The van der Waals surface area contributed by atoms with Crippen LogP contribution in [0, 0.1) is 0 Å². The summed E-state index contributed by atoms with van der Waals surface area (Å²) < 4.78 is 5.31. The number of hydrogen-bond donors (Lipinski definition) is 0. The lowest BCUT2D eigenvalue weighted by Crippen LogP contribution is -2.37. The Bertz CT molecular complexity index is 364. The van der Waals surface area contributed by atoms with Gasteiger partial charge in [-0.25, -0.2) is 0 Å². The molecule has 0 saturated carbocycles. The summed E-state index contributed by atoms with van der Waals surface area (Å²) >= 11 is 1.80. The quantitative estimate of drug-likeness (QED) is 0.591. The van der Waals surface area contributed by atoms with Crippen LogP contribution in [0.4, 0.5) is 0 Å². The minimum Gasteiger partial charge on any atom is -0.379 e. The molecule has 2 rings (SSSR count). The number of ether oxygens (including phenoxy) is 1. The van der Waals surface area contributed by atoms with Gasteiger partial charge in [-0.05, 0) is 12.1 Å². The number of aldehydes is 1. The maximum Gasteiger partial charge on any atom is 0.150 e. The maximum absolute atomic E-state index is 10.6. The molecule has 0 aromatic heterocycles. The van der Waals surface area contributed by atoms with Crippen molar-refractivity contribution in [3.8, 4) is 0 Å². The number of carbonyl (C=O) groups is 1. The average molecular weight is 251 g/mol. The first kappa shape index (κ1) is 12.6. The van der Waals surface area contributed by atoms with E-state index in [1.54, 1.807) is 11.8 Å². The molecule has 0 spiro atoms. The zero-order valence-corrected chi connectivity index (χ0v) is 10.6. The number of carbonyl (C=O) groups excluding carboxylic acids is 1.